The fraction of sp³-hybridized carbons (Fsp3) is 0.129. The van der Waals surface area contributed by atoms with Gasteiger partial charge in [-0.2, -0.15) is 5.10 Å². The first-order chi connectivity index (χ1) is 21.2. The number of nitrogens with zero attached hydrogens (tertiary/aromatic N) is 4. The average molecular weight is 660 g/mol. The number of nitrogens with one attached hydrogen (secondary N) is 1. The monoisotopic (exact) mass is 659 g/mol. The Morgan fingerprint density at radius 2 is 1.84 bits per heavy atom. The number of aromatic nitrogens is 2. The Hall–Kier alpha value is -5.43. The molecule has 2 aromatic carbocycles. The zero-order valence-electron chi connectivity index (χ0n) is 23.8. The van der Waals surface area contributed by atoms with E-state index in [9.17, 15) is 14.9 Å². The van der Waals surface area contributed by atoms with Crippen molar-refractivity contribution in [2.45, 2.75) is 20.5 Å². The zero-order valence-corrected chi connectivity index (χ0v) is 25.4. The van der Waals surface area contributed by atoms with E-state index in [1.807, 2.05) is 24.3 Å². The number of nitro groups is 1. The van der Waals surface area contributed by atoms with Gasteiger partial charge in [-0.05, 0) is 74.5 Å². The molecule has 3 aromatic heterocycles. The highest BCUT2D eigenvalue weighted by molar-refractivity contribution is 9.10. The standard InChI is InChI=1S/C31H26BrN5O7/c1-19-4-5-20(2)36(19)23-6-9-25(10-7-23)42-18-26-11-12-27(43-26)31(38)35-34-16-21-14-22(32)15-28(41-3)30(21)44-29-13-8-24(17-33-29)37(39)40/h4-17H,18H2,1-3H3,(H,35,38). The molecule has 0 aliphatic heterocycles. The predicted molar refractivity (Wildman–Crippen MR) is 165 cm³/mol. The van der Waals surface area contributed by atoms with Gasteiger partial charge < -0.3 is 23.2 Å². The van der Waals surface area contributed by atoms with E-state index < -0.39 is 10.8 Å². The molecule has 0 radical (unpaired) electrons. The molecule has 3 heterocycles. The topological polar surface area (TPSA) is 143 Å². The number of pyridine rings is 1. The van der Waals surface area contributed by atoms with Crippen molar-refractivity contribution in [2.24, 2.45) is 5.10 Å². The van der Waals surface area contributed by atoms with Crippen LogP contribution in [0.1, 0.15) is 33.3 Å². The van der Waals surface area contributed by atoms with E-state index in [0.29, 0.717) is 27.3 Å². The zero-order chi connectivity index (χ0) is 31.2. The van der Waals surface area contributed by atoms with Gasteiger partial charge in [0.15, 0.2) is 17.3 Å². The summed E-state index contributed by atoms with van der Waals surface area (Å²) in [4.78, 5) is 27.0. The second kappa shape index (κ2) is 13.3. The molecule has 0 unspecified atom stereocenters. The molecule has 0 aliphatic rings. The fourth-order valence-electron chi connectivity index (χ4n) is 4.31. The van der Waals surface area contributed by atoms with E-state index in [0.717, 1.165) is 23.3 Å². The van der Waals surface area contributed by atoms with Crippen molar-refractivity contribution in [2.75, 3.05) is 7.11 Å². The van der Waals surface area contributed by atoms with Crippen LogP contribution in [0.5, 0.6) is 23.1 Å². The summed E-state index contributed by atoms with van der Waals surface area (Å²) in [6.07, 6.45) is 2.44. The lowest BCUT2D eigenvalue weighted by molar-refractivity contribution is -0.385. The maximum Gasteiger partial charge on any atom is 0.307 e. The van der Waals surface area contributed by atoms with E-state index >= 15 is 0 Å². The summed E-state index contributed by atoms with van der Waals surface area (Å²) in [7, 11) is 1.46. The number of carbonyl (C=O) groups is 1. The van der Waals surface area contributed by atoms with Crippen LogP contribution in [0.4, 0.5) is 5.69 Å². The summed E-state index contributed by atoms with van der Waals surface area (Å²) in [5.74, 6) is 1.27. The number of furan rings is 1. The van der Waals surface area contributed by atoms with E-state index in [4.69, 9.17) is 18.6 Å². The number of aryl methyl sites for hydroxylation is 2. The summed E-state index contributed by atoms with van der Waals surface area (Å²) >= 11 is 3.41. The lowest BCUT2D eigenvalue weighted by Gasteiger charge is -2.13. The lowest BCUT2D eigenvalue weighted by Crippen LogP contribution is -2.16. The Morgan fingerprint density at radius 3 is 2.50 bits per heavy atom. The Kier molecular flexibility index (Phi) is 9.05. The van der Waals surface area contributed by atoms with Gasteiger partial charge in [0.25, 0.3) is 5.69 Å². The molecule has 12 nitrogen and oxygen atoms in total. The van der Waals surface area contributed by atoms with Crippen LogP contribution in [0.25, 0.3) is 5.69 Å². The number of hydrogen-bond acceptors (Lipinski definition) is 9. The number of carbonyl (C=O) groups excluding carboxylic acids is 1. The van der Waals surface area contributed by atoms with Crippen LogP contribution in [0, 0.1) is 24.0 Å². The Morgan fingerprint density at radius 1 is 1.09 bits per heavy atom. The molecule has 5 aromatic rings. The number of benzene rings is 2. The van der Waals surface area contributed by atoms with E-state index in [1.165, 1.54) is 31.5 Å². The van der Waals surface area contributed by atoms with Crippen molar-refractivity contribution >= 4 is 33.7 Å². The van der Waals surface area contributed by atoms with Gasteiger partial charge in [-0.25, -0.2) is 10.4 Å². The summed E-state index contributed by atoms with van der Waals surface area (Å²) in [6.45, 7) is 4.24. The molecule has 13 heteroatoms. The van der Waals surface area contributed by atoms with Crippen molar-refractivity contribution in [1.29, 1.82) is 0 Å². The molecular formula is C31H26BrN5O7. The maximum absolute atomic E-state index is 12.7. The SMILES string of the molecule is COc1cc(Br)cc(C=NNC(=O)c2ccc(COc3ccc(-n4c(C)ccc4C)cc3)o2)c1Oc1ccc([N+](=O)[O-])cn1. The summed E-state index contributed by atoms with van der Waals surface area (Å²) in [5.41, 5.74) is 6.00. The first kappa shape index (κ1) is 30.0. The molecule has 44 heavy (non-hydrogen) atoms. The second-order valence-corrected chi connectivity index (χ2v) is 10.4. The number of ether oxygens (including phenoxy) is 3. The largest absolute Gasteiger partial charge is 0.493 e. The average Bonchev–Trinajstić information content (AvgIpc) is 3.63. The minimum atomic E-state index is -0.573. The van der Waals surface area contributed by atoms with Gasteiger partial charge in [0.1, 0.15) is 24.3 Å². The van der Waals surface area contributed by atoms with Crippen LogP contribution in [-0.4, -0.2) is 33.7 Å². The van der Waals surface area contributed by atoms with Gasteiger partial charge in [-0.1, -0.05) is 15.9 Å². The molecule has 1 N–H and O–H groups in total. The van der Waals surface area contributed by atoms with Gasteiger partial charge in [0, 0.05) is 39.2 Å². The Labute approximate surface area is 260 Å². The minimum Gasteiger partial charge on any atom is -0.493 e. The Balaban J connectivity index is 1.21. The fourth-order valence-corrected chi connectivity index (χ4v) is 4.76. The smallest absolute Gasteiger partial charge is 0.307 e. The number of amides is 1. The lowest BCUT2D eigenvalue weighted by atomic mass is 10.2. The van der Waals surface area contributed by atoms with Crippen molar-refractivity contribution in [1.82, 2.24) is 15.0 Å². The molecule has 0 saturated carbocycles. The van der Waals surface area contributed by atoms with Crippen molar-refractivity contribution < 1.29 is 28.3 Å². The van der Waals surface area contributed by atoms with Crippen LogP contribution in [0.2, 0.25) is 0 Å². The number of halogens is 1. The molecule has 5 rings (SSSR count). The third-order valence-corrected chi connectivity index (χ3v) is 6.87. The predicted octanol–water partition coefficient (Wildman–Crippen LogP) is 6.90. The number of hydrogen-bond donors (Lipinski definition) is 1. The van der Waals surface area contributed by atoms with Gasteiger partial charge in [0.05, 0.1) is 18.2 Å². The van der Waals surface area contributed by atoms with Crippen LogP contribution >= 0.6 is 15.9 Å². The summed E-state index contributed by atoms with van der Waals surface area (Å²) in [6, 6.07) is 21.0. The third kappa shape index (κ3) is 6.95. The van der Waals surface area contributed by atoms with Crippen molar-refractivity contribution in [3.8, 4) is 28.8 Å². The maximum atomic E-state index is 12.7. The van der Waals surface area contributed by atoms with Crippen LogP contribution < -0.4 is 19.6 Å². The highest BCUT2D eigenvalue weighted by Crippen LogP contribution is 2.37. The number of methoxy groups -OCH3 is 1. The van der Waals surface area contributed by atoms with Crippen LogP contribution in [-0.2, 0) is 6.61 Å². The van der Waals surface area contributed by atoms with Gasteiger partial charge in [-0.3, -0.25) is 14.9 Å². The second-order valence-electron chi connectivity index (χ2n) is 9.44. The van der Waals surface area contributed by atoms with E-state index in [1.54, 1.807) is 18.2 Å². The van der Waals surface area contributed by atoms with Crippen LogP contribution in [0.3, 0.4) is 0 Å². The molecule has 0 fully saturated rings. The Bertz CT molecular complexity index is 1810. The summed E-state index contributed by atoms with van der Waals surface area (Å²) in [5, 5.41) is 15.0. The van der Waals surface area contributed by atoms with Gasteiger partial charge >= 0.3 is 5.91 Å². The van der Waals surface area contributed by atoms with E-state index in [-0.39, 0.29) is 29.7 Å². The minimum absolute atomic E-state index is 0.0491. The van der Waals surface area contributed by atoms with Gasteiger partial charge in [0.2, 0.25) is 5.88 Å². The first-order valence-electron chi connectivity index (χ1n) is 13.2. The molecule has 224 valence electrons. The number of rotatable bonds is 11. The molecule has 0 bridgehead atoms. The molecule has 0 atom stereocenters. The molecule has 0 saturated heterocycles. The molecule has 1 amide bonds. The highest BCUT2D eigenvalue weighted by Gasteiger charge is 2.16. The van der Waals surface area contributed by atoms with Gasteiger partial charge in [-0.15, -0.1) is 0 Å². The first-order valence-corrected chi connectivity index (χ1v) is 14.0. The summed E-state index contributed by atoms with van der Waals surface area (Å²) < 4.78 is 25.6. The highest BCUT2D eigenvalue weighted by atomic mass is 79.9. The third-order valence-electron chi connectivity index (χ3n) is 6.41. The van der Waals surface area contributed by atoms with Crippen molar-refractivity contribution in [3.05, 3.63) is 122 Å². The quantitative estimate of drug-likeness (QED) is 0.0916. The molecule has 0 spiro atoms. The van der Waals surface area contributed by atoms with Crippen molar-refractivity contribution in [3.63, 3.8) is 0 Å². The molecule has 0 aliphatic carbocycles. The van der Waals surface area contributed by atoms with E-state index in [2.05, 4.69) is 62.0 Å². The molecular weight excluding hydrogens is 634 g/mol. The normalized spacial score (nSPS) is 11.0. The number of hydrazone groups is 1. The van der Waals surface area contributed by atoms with Crippen LogP contribution in [0.15, 0.2) is 93.0 Å².